The van der Waals surface area contributed by atoms with Crippen LogP contribution in [0.3, 0.4) is 0 Å². The molecule has 1 amide bonds. The molecule has 5 rings (SSSR count). The van der Waals surface area contributed by atoms with E-state index in [1.54, 1.807) is 12.2 Å². The highest BCUT2D eigenvalue weighted by molar-refractivity contribution is 5.90. The Morgan fingerprint density at radius 2 is 1.60 bits per heavy atom. The summed E-state index contributed by atoms with van der Waals surface area (Å²) >= 11 is 0. The zero-order valence-electron chi connectivity index (χ0n) is 22.3. The largest absolute Gasteiger partial charge is 0.468 e. The third kappa shape index (κ3) is 5.56. The van der Waals surface area contributed by atoms with E-state index in [9.17, 15) is 9.59 Å². The second kappa shape index (κ2) is 11.4. The van der Waals surface area contributed by atoms with Crippen molar-refractivity contribution in [1.29, 1.82) is 5.41 Å². The van der Waals surface area contributed by atoms with Gasteiger partial charge < -0.3 is 19.9 Å². The minimum Gasteiger partial charge on any atom is -0.468 e. The van der Waals surface area contributed by atoms with Gasteiger partial charge in [-0.05, 0) is 54.2 Å². The molecule has 1 aromatic heterocycles. The molecule has 40 heavy (non-hydrogen) atoms. The summed E-state index contributed by atoms with van der Waals surface area (Å²) in [6.07, 6.45) is 4.91. The van der Waals surface area contributed by atoms with E-state index in [0.717, 1.165) is 46.9 Å². The Bertz CT molecular complexity index is 1540. The quantitative estimate of drug-likeness (QED) is 0.159. The Kier molecular flexibility index (Phi) is 7.59. The average Bonchev–Trinajstić information content (AvgIpc) is 3.71. The van der Waals surface area contributed by atoms with E-state index in [1.165, 1.54) is 7.11 Å². The highest BCUT2D eigenvalue weighted by atomic mass is 16.6. The highest BCUT2D eigenvalue weighted by Gasteiger charge is 2.52. The van der Waals surface area contributed by atoms with Gasteiger partial charge in [0.15, 0.2) is 5.82 Å². The summed E-state index contributed by atoms with van der Waals surface area (Å²) in [6.45, 7) is 1.81. The standard InChI is InChI=1S/C32H30N4O4/c1-21(22-7-4-3-5-8-22)40-31(38)36-29-28(34-27(35-29)9-6-20-33)25-12-10-23(11-13-25)24-14-16-26(17-15-24)32(18-19-32)30(37)39-2/h3-17,20-21,33H,18-19H2,1-2H3,(H,34,35)(H,36,38)/t21-/m1/s1. The number of esters is 1. The van der Waals surface area contributed by atoms with Gasteiger partial charge in [0.05, 0.1) is 18.2 Å². The third-order valence-corrected chi connectivity index (χ3v) is 7.12. The van der Waals surface area contributed by atoms with Crippen molar-refractivity contribution in [3.05, 3.63) is 102 Å². The van der Waals surface area contributed by atoms with Gasteiger partial charge in [-0.15, -0.1) is 0 Å². The molecule has 0 bridgehead atoms. The van der Waals surface area contributed by atoms with Crippen molar-refractivity contribution in [1.82, 2.24) is 9.97 Å². The van der Waals surface area contributed by atoms with E-state index < -0.39 is 17.6 Å². The zero-order chi connectivity index (χ0) is 28.1. The number of hydrogen-bond acceptors (Lipinski definition) is 6. The van der Waals surface area contributed by atoms with Gasteiger partial charge in [0.2, 0.25) is 0 Å². The number of aromatic amines is 1. The van der Waals surface area contributed by atoms with Crippen LogP contribution in [0.15, 0.2) is 84.9 Å². The minimum absolute atomic E-state index is 0.179. The van der Waals surface area contributed by atoms with Crippen LogP contribution in [0.5, 0.6) is 0 Å². The number of carbonyl (C=O) groups is 2. The topological polar surface area (TPSA) is 117 Å². The van der Waals surface area contributed by atoms with Crippen molar-refractivity contribution in [2.75, 3.05) is 12.4 Å². The number of nitrogens with one attached hydrogen (secondary N) is 3. The first-order valence-corrected chi connectivity index (χ1v) is 13.0. The minimum atomic E-state index is -0.621. The SMILES string of the molecule is COC(=O)C1(c2ccc(-c3ccc(-c4[nH]c(C=CC=N)nc4NC(=O)O[C@H](C)c4ccccc4)cc3)cc2)CC1. The predicted octanol–water partition coefficient (Wildman–Crippen LogP) is 6.92. The smallest absolute Gasteiger partial charge is 0.413 e. The van der Waals surface area contributed by atoms with Crippen LogP contribution in [0.1, 0.15) is 42.8 Å². The number of anilines is 1. The summed E-state index contributed by atoms with van der Waals surface area (Å²) in [5.74, 6) is 0.635. The molecular weight excluding hydrogens is 504 g/mol. The Labute approximate surface area is 232 Å². The van der Waals surface area contributed by atoms with Crippen molar-refractivity contribution in [2.45, 2.75) is 31.3 Å². The summed E-state index contributed by atoms with van der Waals surface area (Å²) in [5, 5.41) is 10.0. The average molecular weight is 535 g/mol. The van der Waals surface area contributed by atoms with Crippen molar-refractivity contribution in [3.8, 4) is 22.4 Å². The number of carbonyl (C=O) groups excluding carboxylic acids is 2. The molecule has 4 aromatic rings. The van der Waals surface area contributed by atoms with Crippen molar-refractivity contribution < 1.29 is 19.1 Å². The maximum absolute atomic E-state index is 12.7. The van der Waals surface area contributed by atoms with Gasteiger partial charge in [-0.3, -0.25) is 10.1 Å². The van der Waals surface area contributed by atoms with Crippen molar-refractivity contribution in [2.24, 2.45) is 0 Å². The zero-order valence-corrected chi connectivity index (χ0v) is 22.3. The molecule has 3 aromatic carbocycles. The highest BCUT2D eigenvalue weighted by Crippen LogP contribution is 2.49. The monoisotopic (exact) mass is 534 g/mol. The van der Waals surface area contributed by atoms with Crippen LogP contribution in [-0.2, 0) is 19.7 Å². The molecule has 0 radical (unpaired) electrons. The number of H-pyrrole nitrogens is 1. The molecule has 1 saturated carbocycles. The lowest BCUT2D eigenvalue weighted by Crippen LogP contribution is -2.21. The Hall–Kier alpha value is -4.98. The maximum Gasteiger partial charge on any atom is 0.413 e. The number of benzene rings is 3. The molecule has 1 atom stereocenters. The van der Waals surface area contributed by atoms with E-state index >= 15 is 0 Å². The fourth-order valence-electron chi connectivity index (χ4n) is 4.73. The molecule has 3 N–H and O–H groups in total. The van der Waals surface area contributed by atoms with E-state index in [1.807, 2.05) is 85.8 Å². The molecule has 1 fully saturated rings. The van der Waals surface area contributed by atoms with Crippen LogP contribution < -0.4 is 5.32 Å². The molecule has 0 unspecified atom stereocenters. The number of methoxy groups -OCH3 is 1. The first-order chi connectivity index (χ1) is 19.4. The number of ether oxygens (including phenoxy) is 2. The number of aromatic nitrogens is 2. The van der Waals surface area contributed by atoms with E-state index in [4.69, 9.17) is 14.9 Å². The molecule has 1 heterocycles. The lowest BCUT2D eigenvalue weighted by Gasteiger charge is -2.14. The summed E-state index contributed by atoms with van der Waals surface area (Å²) in [4.78, 5) is 32.7. The molecule has 8 nitrogen and oxygen atoms in total. The number of hydrogen-bond donors (Lipinski definition) is 3. The molecule has 0 spiro atoms. The lowest BCUT2D eigenvalue weighted by molar-refractivity contribution is -0.143. The van der Waals surface area contributed by atoms with Crippen LogP contribution in [0.2, 0.25) is 0 Å². The summed E-state index contributed by atoms with van der Waals surface area (Å²) in [7, 11) is 1.43. The fraction of sp³-hybridized carbons (Fsp3) is 0.188. The van der Waals surface area contributed by atoms with Crippen LogP contribution in [0.4, 0.5) is 10.6 Å². The summed E-state index contributed by atoms with van der Waals surface area (Å²) < 4.78 is 10.6. The van der Waals surface area contributed by atoms with Gasteiger partial charge in [0.25, 0.3) is 0 Å². The van der Waals surface area contributed by atoms with Crippen LogP contribution in [0.25, 0.3) is 28.5 Å². The summed E-state index contributed by atoms with van der Waals surface area (Å²) in [5.41, 5.74) is 4.83. The number of amides is 1. The normalized spacial score (nSPS) is 14.3. The van der Waals surface area contributed by atoms with Gasteiger partial charge in [-0.2, -0.15) is 0 Å². The maximum atomic E-state index is 12.7. The molecule has 1 aliphatic carbocycles. The van der Waals surface area contributed by atoms with Crippen LogP contribution in [0, 0.1) is 5.41 Å². The molecule has 8 heteroatoms. The second-order valence-electron chi connectivity index (χ2n) is 9.68. The van der Waals surface area contributed by atoms with Crippen molar-refractivity contribution in [3.63, 3.8) is 0 Å². The first-order valence-electron chi connectivity index (χ1n) is 13.0. The van der Waals surface area contributed by atoms with E-state index in [0.29, 0.717) is 17.3 Å². The predicted molar refractivity (Wildman–Crippen MR) is 155 cm³/mol. The number of allylic oxidation sites excluding steroid dienone is 1. The van der Waals surface area contributed by atoms with Gasteiger partial charge in [0.1, 0.15) is 11.9 Å². The van der Waals surface area contributed by atoms with E-state index in [2.05, 4.69) is 15.3 Å². The van der Waals surface area contributed by atoms with Crippen LogP contribution in [-0.4, -0.2) is 35.4 Å². The summed E-state index contributed by atoms with van der Waals surface area (Å²) in [6, 6.07) is 25.4. The Morgan fingerprint density at radius 1 is 0.975 bits per heavy atom. The lowest BCUT2D eigenvalue weighted by atomic mass is 9.93. The first kappa shape index (κ1) is 26.6. The number of nitrogens with zero attached hydrogens (tertiary/aromatic N) is 1. The molecule has 0 aliphatic heterocycles. The number of imidazole rings is 1. The molecular formula is C32H30N4O4. The number of rotatable bonds is 9. The van der Waals surface area contributed by atoms with Gasteiger partial charge >= 0.3 is 12.1 Å². The second-order valence-corrected chi connectivity index (χ2v) is 9.68. The Balaban J connectivity index is 1.35. The third-order valence-electron chi connectivity index (χ3n) is 7.12. The molecule has 0 saturated heterocycles. The van der Waals surface area contributed by atoms with Crippen molar-refractivity contribution >= 4 is 30.2 Å². The molecule has 1 aliphatic rings. The van der Waals surface area contributed by atoms with Crippen LogP contribution >= 0.6 is 0 Å². The Morgan fingerprint density at radius 3 is 2.20 bits per heavy atom. The van der Waals surface area contributed by atoms with Gasteiger partial charge in [-0.25, -0.2) is 9.78 Å². The van der Waals surface area contributed by atoms with Gasteiger partial charge in [0, 0.05) is 11.8 Å². The fourth-order valence-corrected chi connectivity index (χ4v) is 4.73. The van der Waals surface area contributed by atoms with E-state index in [-0.39, 0.29) is 5.97 Å². The van der Waals surface area contributed by atoms with Gasteiger partial charge in [-0.1, -0.05) is 78.9 Å². The molecule has 202 valence electrons.